The SMILES string of the molecule is COc1ccc2nc(NC(=O)C3CCC(N)CC3)sc2c1. The summed E-state index contributed by atoms with van der Waals surface area (Å²) in [5.74, 6) is 0.921. The topological polar surface area (TPSA) is 77.2 Å². The zero-order valence-electron chi connectivity index (χ0n) is 12.0. The number of thiazole rings is 1. The molecule has 3 rings (SSSR count). The Labute approximate surface area is 127 Å². The molecule has 0 spiro atoms. The fourth-order valence-corrected chi connectivity index (χ4v) is 3.57. The first-order chi connectivity index (χ1) is 10.2. The molecule has 1 aromatic carbocycles. The van der Waals surface area contributed by atoms with Gasteiger partial charge in [0.15, 0.2) is 5.13 Å². The molecule has 1 aliphatic carbocycles. The van der Waals surface area contributed by atoms with Gasteiger partial charge in [-0.25, -0.2) is 4.98 Å². The molecule has 0 atom stereocenters. The number of amides is 1. The monoisotopic (exact) mass is 305 g/mol. The Hall–Kier alpha value is -1.66. The molecule has 1 fully saturated rings. The normalized spacial score (nSPS) is 22.2. The Balaban J connectivity index is 1.71. The summed E-state index contributed by atoms with van der Waals surface area (Å²) in [5, 5.41) is 3.59. The summed E-state index contributed by atoms with van der Waals surface area (Å²) in [5.41, 5.74) is 6.75. The van der Waals surface area contributed by atoms with Crippen LogP contribution >= 0.6 is 11.3 Å². The summed E-state index contributed by atoms with van der Waals surface area (Å²) in [6.07, 6.45) is 3.59. The highest BCUT2D eigenvalue weighted by Crippen LogP contribution is 2.30. The molecule has 5 nitrogen and oxygen atoms in total. The minimum absolute atomic E-state index is 0.0614. The molecule has 1 amide bonds. The number of rotatable bonds is 3. The molecule has 1 aromatic heterocycles. The van der Waals surface area contributed by atoms with E-state index in [1.165, 1.54) is 11.3 Å². The number of ether oxygens (including phenoxy) is 1. The Morgan fingerprint density at radius 3 is 2.86 bits per heavy atom. The summed E-state index contributed by atoms with van der Waals surface area (Å²) >= 11 is 1.47. The second-order valence-corrected chi connectivity index (χ2v) is 6.48. The van der Waals surface area contributed by atoms with Gasteiger partial charge in [0.25, 0.3) is 0 Å². The van der Waals surface area contributed by atoms with Crippen LogP contribution in [-0.2, 0) is 4.79 Å². The number of nitrogens with two attached hydrogens (primary N) is 1. The van der Waals surface area contributed by atoms with E-state index in [2.05, 4.69) is 10.3 Å². The van der Waals surface area contributed by atoms with E-state index >= 15 is 0 Å². The molecule has 1 aliphatic rings. The summed E-state index contributed by atoms with van der Waals surface area (Å²) < 4.78 is 6.21. The molecular weight excluding hydrogens is 286 g/mol. The molecule has 3 N–H and O–H groups in total. The quantitative estimate of drug-likeness (QED) is 0.914. The number of benzene rings is 1. The van der Waals surface area contributed by atoms with Crippen molar-refractivity contribution in [1.82, 2.24) is 4.98 Å². The number of nitrogens with one attached hydrogen (secondary N) is 1. The Morgan fingerprint density at radius 1 is 1.38 bits per heavy atom. The van der Waals surface area contributed by atoms with Gasteiger partial charge in [0.2, 0.25) is 5.91 Å². The summed E-state index contributed by atoms with van der Waals surface area (Å²) in [4.78, 5) is 16.7. The van der Waals surface area contributed by atoms with Crippen LogP contribution in [-0.4, -0.2) is 24.0 Å². The van der Waals surface area contributed by atoms with E-state index in [-0.39, 0.29) is 17.9 Å². The van der Waals surface area contributed by atoms with Gasteiger partial charge in [0, 0.05) is 12.0 Å². The van der Waals surface area contributed by atoms with Crippen molar-refractivity contribution in [3.8, 4) is 5.75 Å². The van der Waals surface area contributed by atoms with Crippen LogP contribution in [0.4, 0.5) is 5.13 Å². The highest BCUT2D eigenvalue weighted by atomic mass is 32.1. The van der Waals surface area contributed by atoms with Gasteiger partial charge in [-0.15, -0.1) is 0 Å². The smallest absolute Gasteiger partial charge is 0.229 e. The van der Waals surface area contributed by atoms with Crippen molar-refractivity contribution in [2.75, 3.05) is 12.4 Å². The first-order valence-corrected chi connectivity index (χ1v) is 7.98. The molecule has 0 aliphatic heterocycles. The summed E-state index contributed by atoms with van der Waals surface area (Å²) in [6, 6.07) is 5.96. The third kappa shape index (κ3) is 3.16. The van der Waals surface area contributed by atoms with Gasteiger partial charge >= 0.3 is 0 Å². The van der Waals surface area contributed by atoms with Gasteiger partial charge < -0.3 is 15.8 Å². The first-order valence-electron chi connectivity index (χ1n) is 7.16. The lowest BCUT2D eigenvalue weighted by Crippen LogP contribution is -2.32. The molecule has 0 bridgehead atoms. The maximum absolute atomic E-state index is 12.3. The molecule has 1 saturated carbocycles. The van der Waals surface area contributed by atoms with Crippen LogP contribution < -0.4 is 15.8 Å². The molecule has 1 heterocycles. The zero-order valence-corrected chi connectivity index (χ0v) is 12.8. The van der Waals surface area contributed by atoms with E-state index in [9.17, 15) is 4.79 Å². The molecule has 0 radical (unpaired) electrons. The van der Waals surface area contributed by atoms with Crippen molar-refractivity contribution >= 4 is 32.6 Å². The van der Waals surface area contributed by atoms with Gasteiger partial charge in [-0.1, -0.05) is 11.3 Å². The number of nitrogens with zero attached hydrogens (tertiary/aromatic N) is 1. The lowest BCUT2D eigenvalue weighted by molar-refractivity contribution is -0.120. The fourth-order valence-electron chi connectivity index (χ4n) is 2.67. The van der Waals surface area contributed by atoms with Crippen molar-refractivity contribution in [2.45, 2.75) is 31.7 Å². The van der Waals surface area contributed by atoms with Crippen LogP contribution in [0.25, 0.3) is 10.2 Å². The van der Waals surface area contributed by atoms with Crippen molar-refractivity contribution < 1.29 is 9.53 Å². The maximum Gasteiger partial charge on any atom is 0.229 e. The van der Waals surface area contributed by atoms with E-state index in [1.807, 2.05) is 18.2 Å². The van der Waals surface area contributed by atoms with Gasteiger partial charge in [0.05, 0.1) is 17.3 Å². The molecule has 2 aromatic rings. The number of fused-ring (bicyclic) bond motifs is 1. The van der Waals surface area contributed by atoms with Crippen molar-refractivity contribution in [3.05, 3.63) is 18.2 Å². The fraction of sp³-hybridized carbons (Fsp3) is 0.467. The average Bonchev–Trinajstić information content (AvgIpc) is 2.88. The van der Waals surface area contributed by atoms with Crippen molar-refractivity contribution in [2.24, 2.45) is 11.7 Å². The lowest BCUT2D eigenvalue weighted by atomic mass is 9.86. The summed E-state index contributed by atoms with van der Waals surface area (Å²) in [7, 11) is 1.64. The van der Waals surface area contributed by atoms with E-state index < -0.39 is 0 Å². The predicted molar refractivity (Wildman–Crippen MR) is 84.7 cm³/mol. The van der Waals surface area contributed by atoms with Gasteiger partial charge in [-0.3, -0.25) is 4.79 Å². The first kappa shape index (κ1) is 14.3. The lowest BCUT2D eigenvalue weighted by Gasteiger charge is -2.24. The minimum atomic E-state index is 0.0614. The third-order valence-electron chi connectivity index (χ3n) is 3.97. The van der Waals surface area contributed by atoms with Gasteiger partial charge in [-0.05, 0) is 43.9 Å². The Kier molecular flexibility index (Phi) is 4.07. The number of hydrogen-bond acceptors (Lipinski definition) is 5. The van der Waals surface area contributed by atoms with E-state index in [1.54, 1.807) is 7.11 Å². The number of hydrogen-bond donors (Lipinski definition) is 2. The number of aromatic nitrogens is 1. The molecule has 21 heavy (non-hydrogen) atoms. The molecule has 112 valence electrons. The molecule has 0 saturated heterocycles. The number of carbonyl (C=O) groups excluding carboxylic acids is 1. The average molecular weight is 305 g/mol. The standard InChI is InChI=1S/C15H19N3O2S/c1-20-11-6-7-12-13(8-11)21-15(17-12)18-14(19)9-2-4-10(16)5-3-9/h6-10H,2-5,16H2,1H3,(H,17,18,19). The van der Waals surface area contributed by atoms with Crippen molar-refractivity contribution in [3.63, 3.8) is 0 Å². The van der Waals surface area contributed by atoms with Crippen LogP contribution in [0, 0.1) is 5.92 Å². The summed E-state index contributed by atoms with van der Waals surface area (Å²) in [6.45, 7) is 0. The van der Waals surface area contributed by atoms with Crippen molar-refractivity contribution in [1.29, 1.82) is 0 Å². The highest BCUT2D eigenvalue weighted by molar-refractivity contribution is 7.22. The Morgan fingerprint density at radius 2 is 2.14 bits per heavy atom. The second kappa shape index (κ2) is 5.99. The van der Waals surface area contributed by atoms with Crippen LogP contribution in [0.1, 0.15) is 25.7 Å². The van der Waals surface area contributed by atoms with E-state index in [0.717, 1.165) is 41.6 Å². The van der Waals surface area contributed by atoms with Crippen LogP contribution in [0.2, 0.25) is 0 Å². The van der Waals surface area contributed by atoms with Gasteiger partial charge in [-0.2, -0.15) is 0 Å². The third-order valence-corrected chi connectivity index (χ3v) is 4.90. The van der Waals surface area contributed by atoms with Crippen LogP contribution in [0.15, 0.2) is 18.2 Å². The minimum Gasteiger partial charge on any atom is -0.497 e. The Bertz CT molecular complexity index is 647. The molecule has 0 unspecified atom stereocenters. The van der Waals surface area contributed by atoms with Gasteiger partial charge in [0.1, 0.15) is 5.75 Å². The van der Waals surface area contributed by atoms with E-state index in [0.29, 0.717) is 5.13 Å². The molecular formula is C15H19N3O2S. The van der Waals surface area contributed by atoms with Crippen LogP contribution in [0.5, 0.6) is 5.75 Å². The molecule has 6 heteroatoms. The highest BCUT2D eigenvalue weighted by Gasteiger charge is 2.25. The largest absolute Gasteiger partial charge is 0.497 e. The number of carbonyl (C=O) groups is 1. The van der Waals surface area contributed by atoms with Crippen LogP contribution in [0.3, 0.4) is 0 Å². The predicted octanol–water partition coefficient (Wildman–Crippen LogP) is 2.76. The zero-order chi connectivity index (χ0) is 14.8. The second-order valence-electron chi connectivity index (χ2n) is 5.45. The number of methoxy groups -OCH3 is 1. The number of anilines is 1. The van der Waals surface area contributed by atoms with E-state index in [4.69, 9.17) is 10.5 Å². The maximum atomic E-state index is 12.3.